The summed E-state index contributed by atoms with van der Waals surface area (Å²) in [4.78, 5) is 1.19. The molecule has 0 aliphatic carbocycles. The smallest absolute Gasteiger partial charge is 0.0768 e. The average molecular weight is 379 g/mol. The summed E-state index contributed by atoms with van der Waals surface area (Å²) in [7, 11) is 0. The normalized spacial score (nSPS) is 10.9. The molecule has 0 amide bonds. The Hall–Kier alpha value is -0.820. The second kappa shape index (κ2) is 17.6. The Labute approximate surface area is 165 Å². The van der Waals surface area contributed by atoms with Gasteiger partial charge in [-0.1, -0.05) is 62.9 Å². The van der Waals surface area contributed by atoms with E-state index in [2.05, 4.69) is 43.2 Å². The maximum Gasteiger partial charge on any atom is 0.0768 e. The van der Waals surface area contributed by atoms with Crippen LogP contribution in [0.15, 0.2) is 17.5 Å². The predicted octanol–water partition coefficient (Wildman–Crippen LogP) is 6.83. The van der Waals surface area contributed by atoms with Crippen molar-refractivity contribution in [3.63, 3.8) is 0 Å². The third-order valence-corrected chi connectivity index (χ3v) is 4.99. The fourth-order valence-corrected chi connectivity index (χ4v) is 3.33. The molecule has 0 aliphatic rings. The Morgan fingerprint density at radius 1 is 0.846 bits per heavy atom. The standard InChI is InChI=1S/C23H38O2S/c1-22(2)25-20-15-19-24-18-13-11-9-7-5-3-4-6-8-10-12-16-23-17-14-21-26-23/h14,17,21-22H,3-11,13,15,18-20H2,1-2H3. The molecule has 3 heteroatoms. The highest BCUT2D eigenvalue weighted by Gasteiger charge is 1.95. The predicted molar refractivity (Wildman–Crippen MR) is 114 cm³/mol. The van der Waals surface area contributed by atoms with Crippen molar-refractivity contribution in [3.8, 4) is 11.8 Å². The molecule has 0 bridgehead atoms. The molecule has 1 rings (SSSR count). The van der Waals surface area contributed by atoms with E-state index in [4.69, 9.17) is 9.47 Å². The van der Waals surface area contributed by atoms with Crippen LogP contribution >= 0.6 is 11.3 Å². The van der Waals surface area contributed by atoms with E-state index >= 15 is 0 Å². The Balaban J connectivity index is 1.71. The zero-order valence-electron chi connectivity index (χ0n) is 16.9. The van der Waals surface area contributed by atoms with Crippen molar-refractivity contribution in [2.75, 3.05) is 19.8 Å². The van der Waals surface area contributed by atoms with Crippen molar-refractivity contribution in [1.29, 1.82) is 0 Å². The van der Waals surface area contributed by atoms with Crippen LogP contribution in [-0.2, 0) is 9.47 Å². The fourth-order valence-electron chi connectivity index (χ4n) is 2.74. The van der Waals surface area contributed by atoms with Gasteiger partial charge in [0.1, 0.15) is 0 Å². The van der Waals surface area contributed by atoms with E-state index in [0.29, 0.717) is 6.10 Å². The lowest BCUT2D eigenvalue weighted by Gasteiger charge is -2.07. The first-order valence-electron chi connectivity index (χ1n) is 10.5. The Kier molecular flexibility index (Phi) is 15.7. The Bertz CT molecular complexity index is 456. The zero-order chi connectivity index (χ0) is 18.7. The molecule has 1 heterocycles. The second-order valence-corrected chi connectivity index (χ2v) is 8.04. The molecular weight excluding hydrogens is 340 g/mol. The van der Waals surface area contributed by atoms with Gasteiger partial charge < -0.3 is 9.47 Å². The molecule has 0 aromatic carbocycles. The minimum atomic E-state index is 0.333. The molecule has 1 aromatic heterocycles. The molecule has 0 fully saturated rings. The Morgan fingerprint density at radius 3 is 2.15 bits per heavy atom. The SMILES string of the molecule is CC(C)OCCCOCCCCCCCCCCCC#Cc1cccs1. The van der Waals surface area contributed by atoms with Crippen LogP contribution in [0.3, 0.4) is 0 Å². The van der Waals surface area contributed by atoms with Crippen molar-refractivity contribution in [1.82, 2.24) is 0 Å². The summed E-state index contributed by atoms with van der Waals surface area (Å²) in [6.07, 6.45) is 14.3. The zero-order valence-corrected chi connectivity index (χ0v) is 17.8. The molecule has 0 saturated heterocycles. The van der Waals surface area contributed by atoms with Gasteiger partial charge in [-0.25, -0.2) is 0 Å². The van der Waals surface area contributed by atoms with Crippen LogP contribution in [0.25, 0.3) is 0 Å². The van der Waals surface area contributed by atoms with Gasteiger partial charge in [-0.05, 0) is 44.6 Å². The molecule has 0 aliphatic heterocycles. The lowest BCUT2D eigenvalue weighted by molar-refractivity contribution is 0.0507. The van der Waals surface area contributed by atoms with Crippen molar-refractivity contribution in [3.05, 3.63) is 22.4 Å². The second-order valence-electron chi connectivity index (χ2n) is 7.10. The van der Waals surface area contributed by atoms with E-state index < -0.39 is 0 Å². The number of ether oxygens (including phenoxy) is 2. The van der Waals surface area contributed by atoms with Gasteiger partial charge in [0.2, 0.25) is 0 Å². The molecule has 0 saturated carbocycles. The van der Waals surface area contributed by atoms with Gasteiger partial charge in [0.15, 0.2) is 0 Å². The van der Waals surface area contributed by atoms with Gasteiger partial charge in [-0.2, -0.15) is 0 Å². The molecule has 0 spiro atoms. The van der Waals surface area contributed by atoms with Crippen LogP contribution in [0.5, 0.6) is 0 Å². The van der Waals surface area contributed by atoms with Crippen LogP contribution in [0.1, 0.15) is 89.4 Å². The first kappa shape index (κ1) is 23.2. The first-order chi connectivity index (χ1) is 12.8. The lowest BCUT2D eigenvalue weighted by Crippen LogP contribution is -2.07. The van der Waals surface area contributed by atoms with Crippen LogP contribution in [0.4, 0.5) is 0 Å². The number of hydrogen-bond acceptors (Lipinski definition) is 3. The van der Waals surface area contributed by atoms with E-state index in [-0.39, 0.29) is 0 Å². The van der Waals surface area contributed by atoms with Crippen LogP contribution in [0, 0.1) is 11.8 Å². The maximum absolute atomic E-state index is 5.64. The van der Waals surface area contributed by atoms with Crippen LogP contribution in [0.2, 0.25) is 0 Å². The highest BCUT2D eigenvalue weighted by Crippen LogP contribution is 2.11. The van der Waals surface area contributed by atoms with Gasteiger partial charge in [0.05, 0.1) is 11.0 Å². The van der Waals surface area contributed by atoms with Crippen molar-refractivity contribution in [2.45, 2.75) is 90.6 Å². The number of rotatable bonds is 16. The lowest BCUT2D eigenvalue weighted by atomic mass is 10.1. The van der Waals surface area contributed by atoms with E-state index in [1.54, 1.807) is 11.3 Å². The highest BCUT2D eigenvalue weighted by molar-refractivity contribution is 7.10. The molecular formula is C23H38O2S. The minimum absolute atomic E-state index is 0.333. The average Bonchev–Trinajstić information content (AvgIpc) is 3.14. The highest BCUT2D eigenvalue weighted by atomic mass is 32.1. The third-order valence-electron chi connectivity index (χ3n) is 4.21. The number of thiophene rings is 1. The number of hydrogen-bond donors (Lipinski definition) is 0. The molecule has 26 heavy (non-hydrogen) atoms. The van der Waals surface area contributed by atoms with Crippen molar-refractivity contribution >= 4 is 11.3 Å². The molecule has 0 N–H and O–H groups in total. The van der Waals surface area contributed by atoms with E-state index in [0.717, 1.165) is 32.7 Å². The summed E-state index contributed by atoms with van der Waals surface area (Å²) in [5.41, 5.74) is 0. The summed E-state index contributed by atoms with van der Waals surface area (Å²) in [5, 5.41) is 2.08. The minimum Gasteiger partial charge on any atom is -0.381 e. The van der Waals surface area contributed by atoms with Gasteiger partial charge in [-0.3, -0.25) is 0 Å². The fraction of sp³-hybridized carbons (Fsp3) is 0.739. The quantitative estimate of drug-likeness (QED) is 0.232. The van der Waals surface area contributed by atoms with Gasteiger partial charge in [0, 0.05) is 26.2 Å². The van der Waals surface area contributed by atoms with E-state index in [1.165, 1.54) is 62.7 Å². The summed E-state index contributed by atoms with van der Waals surface area (Å²) in [6, 6.07) is 4.15. The Morgan fingerprint density at radius 2 is 1.50 bits per heavy atom. The third kappa shape index (κ3) is 15.4. The largest absolute Gasteiger partial charge is 0.381 e. The van der Waals surface area contributed by atoms with E-state index in [9.17, 15) is 0 Å². The maximum atomic E-state index is 5.64. The summed E-state index contributed by atoms with van der Waals surface area (Å²) in [6.45, 7) is 6.71. The molecule has 0 unspecified atom stereocenters. The number of unbranched alkanes of at least 4 members (excludes halogenated alkanes) is 9. The van der Waals surface area contributed by atoms with Gasteiger partial charge in [-0.15, -0.1) is 11.3 Å². The molecule has 148 valence electrons. The topological polar surface area (TPSA) is 18.5 Å². The van der Waals surface area contributed by atoms with Crippen LogP contribution in [-0.4, -0.2) is 25.9 Å². The van der Waals surface area contributed by atoms with Gasteiger partial charge >= 0.3 is 0 Å². The van der Waals surface area contributed by atoms with Crippen LogP contribution < -0.4 is 0 Å². The molecule has 0 atom stereocenters. The molecule has 0 radical (unpaired) electrons. The summed E-state index contributed by atoms with van der Waals surface area (Å²) in [5.74, 6) is 6.51. The molecule has 2 nitrogen and oxygen atoms in total. The summed E-state index contributed by atoms with van der Waals surface area (Å²) >= 11 is 1.73. The summed E-state index contributed by atoms with van der Waals surface area (Å²) < 4.78 is 11.1. The van der Waals surface area contributed by atoms with Crippen molar-refractivity contribution in [2.24, 2.45) is 0 Å². The molecule has 1 aromatic rings. The monoisotopic (exact) mass is 378 g/mol. The van der Waals surface area contributed by atoms with Crippen molar-refractivity contribution < 1.29 is 9.47 Å². The first-order valence-corrected chi connectivity index (χ1v) is 11.4. The van der Waals surface area contributed by atoms with E-state index in [1.807, 2.05) is 0 Å². The van der Waals surface area contributed by atoms with Gasteiger partial charge in [0.25, 0.3) is 0 Å².